The van der Waals surface area contributed by atoms with E-state index in [1.807, 2.05) is 19.1 Å². The Balaban J connectivity index is 0.000000284. The fourth-order valence-electron chi connectivity index (χ4n) is 3.77. The number of para-hydroxylation sites is 2. The molecule has 1 saturated heterocycles. The van der Waals surface area contributed by atoms with E-state index in [1.54, 1.807) is 30.3 Å². The van der Waals surface area contributed by atoms with Gasteiger partial charge in [0.05, 0.1) is 0 Å². The monoisotopic (exact) mass is 416 g/mol. The van der Waals surface area contributed by atoms with Crippen molar-refractivity contribution in [3.63, 3.8) is 0 Å². The first-order valence-electron chi connectivity index (χ1n) is 11.0. The number of hydrogen-bond donors (Lipinski definition) is 2. The standard InChI is InChI=1S/C19H24N2.C6H6O.C3H6/c1-3-15(2)13-21-14-18(16-7-6-11-20-12-10-16)17-8-4-5-9-19(17)21;7-6-4-2-1-3-5-6;1-3-2/h3-5,8-9,14,16,20H,1-2,6-7,10-13H2;1-5,7H;3H,1H2,2H3. The molecule has 3 nitrogen and oxygen atoms in total. The molecule has 2 aromatic carbocycles. The topological polar surface area (TPSA) is 37.2 Å². The molecule has 1 fully saturated rings. The van der Waals surface area contributed by atoms with Crippen LogP contribution >= 0.6 is 0 Å². The lowest BCUT2D eigenvalue weighted by molar-refractivity contribution is 0.475. The van der Waals surface area contributed by atoms with E-state index in [9.17, 15) is 0 Å². The summed E-state index contributed by atoms with van der Waals surface area (Å²) in [4.78, 5) is 0. The van der Waals surface area contributed by atoms with E-state index >= 15 is 0 Å². The quantitative estimate of drug-likeness (QED) is 0.361. The van der Waals surface area contributed by atoms with Gasteiger partial charge in [-0.2, -0.15) is 0 Å². The minimum absolute atomic E-state index is 0.322. The Morgan fingerprint density at radius 1 is 1.06 bits per heavy atom. The second-order valence-corrected chi connectivity index (χ2v) is 7.71. The zero-order valence-electron chi connectivity index (χ0n) is 18.8. The summed E-state index contributed by atoms with van der Waals surface area (Å²) in [7, 11) is 0. The first kappa shape index (κ1) is 24.2. The van der Waals surface area contributed by atoms with E-state index < -0.39 is 0 Å². The number of nitrogens with zero attached hydrogens (tertiary/aromatic N) is 1. The van der Waals surface area contributed by atoms with Crippen LogP contribution in [0.1, 0.15) is 37.7 Å². The lowest BCUT2D eigenvalue weighted by Crippen LogP contribution is -2.13. The van der Waals surface area contributed by atoms with Crippen LogP contribution in [-0.2, 0) is 6.54 Å². The van der Waals surface area contributed by atoms with Crippen molar-refractivity contribution in [2.45, 2.75) is 38.6 Å². The highest BCUT2D eigenvalue weighted by Crippen LogP contribution is 2.33. The molecule has 0 spiro atoms. The second kappa shape index (κ2) is 13.3. The molecule has 1 unspecified atom stereocenters. The molecule has 164 valence electrons. The van der Waals surface area contributed by atoms with Crippen LogP contribution < -0.4 is 5.32 Å². The molecule has 1 aromatic heterocycles. The Labute approximate surface area is 187 Å². The normalized spacial score (nSPS) is 15.5. The van der Waals surface area contributed by atoms with Crippen LogP contribution in [-0.4, -0.2) is 22.8 Å². The van der Waals surface area contributed by atoms with E-state index in [1.165, 1.54) is 35.7 Å². The highest BCUT2D eigenvalue weighted by Gasteiger charge is 2.19. The van der Waals surface area contributed by atoms with Crippen LogP contribution in [0.25, 0.3) is 10.9 Å². The number of hydrogen-bond acceptors (Lipinski definition) is 2. The van der Waals surface area contributed by atoms with Crippen LogP contribution in [0.5, 0.6) is 5.75 Å². The highest BCUT2D eigenvalue weighted by molar-refractivity contribution is 5.84. The maximum Gasteiger partial charge on any atom is 0.115 e. The van der Waals surface area contributed by atoms with Crippen molar-refractivity contribution in [3.05, 3.63) is 104 Å². The van der Waals surface area contributed by atoms with Crippen molar-refractivity contribution in [2.24, 2.45) is 0 Å². The van der Waals surface area contributed by atoms with Gasteiger partial charge in [0.1, 0.15) is 5.75 Å². The van der Waals surface area contributed by atoms with E-state index in [-0.39, 0.29) is 0 Å². The number of allylic oxidation sites excluding steroid dienone is 3. The molecule has 0 radical (unpaired) electrons. The molecule has 3 heteroatoms. The summed E-state index contributed by atoms with van der Waals surface area (Å²) in [5, 5.41) is 13.5. The molecule has 1 atom stereocenters. The van der Waals surface area contributed by atoms with Gasteiger partial charge in [0.25, 0.3) is 0 Å². The average molecular weight is 417 g/mol. The van der Waals surface area contributed by atoms with Gasteiger partial charge in [0.15, 0.2) is 0 Å². The molecule has 0 aliphatic carbocycles. The number of fused-ring (bicyclic) bond motifs is 1. The molecule has 0 bridgehead atoms. The maximum atomic E-state index is 8.63. The predicted molar refractivity (Wildman–Crippen MR) is 135 cm³/mol. The Bertz CT molecular complexity index is 948. The Morgan fingerprint density at radius 3 is 2.39 bits per heavy atom. The van der Waals surface area contributed by atoms with E-state index in [4.69, 9.17) is 5.11 Å². The smallest absolute Gasteiger partial charge is 0.115 e. The largest absolute Gasteiger partial charge is 0.508 e. The SMILES string of the molecule is C=CC.C=CC(=C)Cn1cc(C2CCCNCC2)c2ccccc21.Oc1ccccc1. The van der Waals surface area contributed by atoms with Crippen LogP contribution in [0.4, 0.5) is 0 Å². The van der Waals surface area contributed by atoms with Crippen molar-refractivity contribution in [1.82, 2.24) is 9.88 Å². The number of rotatable bonds is 4. The Kier molecular flexibility index (Phi) is 10.4. The molecule has 4 rings (SSSR count). The highest BCUT2D eigenvalue weighted by atomic mass is 16.3. The van der Waals surface area contributed by atoms with Crippen molar-refractivity contribution in [1.29, 1.82) is 0 Å². The van der Waals surface area contributed by atoms with E-state index in [2.05, 4.69) is 60.1 Å². The molecule has 0 amide bonds. The summed E-state index contributed by atoms with van der Waals surface area (Å²) in [5.74, 6) is 0.991. The van der Waals surface area contributed by atoms with Gasteiger partial charge in [-0.15, -0.1) is 6.58 Å². The van der Waals surface area contributed by atoms with Gasteiger partial charge in [-0.05, 0) is 74.5 Å². The van der Waals surface area contributed by atoms with Gasteiger partial charge in [-0.3, -0.25) is 0 Å². The fraction of sp³-hybridized carbons (Fsp3) is 0.286. The van der Waals surface area contributed by atoms with Crippen molar-refractivity contribution >= 4 is 10.9 Å². The number of aromatic hydroxyl groups is 1. The van der Waals surface area contributed by atoms with Gasteiger partial charge in [0, 0.05) is 23.6 Å². The fourth-order valence-corrected chi connectivity index (χ4v) is 3.77. The van der Waals surface area contributed by atoms with Crippen molar-refractivity contribution in [3.8, 4) is 5.75 Å². The summed E-state index contributed by atoms with van der Waals surface area (Å²) in [6.07, 6.45) is 9.72. The third-order valence-electron chi connectivity index (χ3n) is 5.25. The lowest BCUT2D eigenvalue weighted by atomic mass is 9.92. The second-order valence-electron chi connectivity index (χ2n) is 7.71. The number of aromatic nitrogens is 1. The van der Waals surface area contributed by atoms with Crippen LogP contribution in [0, 0.1) is 0 Å². The molecule has 0 saturated carbocycles. The minimum Gasteiger partial charge on any atom is -0.508 e. The summed E-state index contributed by atoms with van der Waals surface area (Å²) in [5.41, 5.74) is 3.88. The summed E-state index contributed by atoms with van der Waals surface area (Å²) in [6.45, 7) is 16.2. The van der Waals surface area contributed by atoms with Crippen molar-refractivity contribution in [2.75, 3.05) is 13.1 Å². The number of benzene rings is 2. The summed E-state index contributed by atoms with van der Waals surface area (Å²) in [6, 6.07) is 17.5. The Hall–Kier alpha value is -3.04. The minimum atomic E-state index is 0.322. The maximum absolute atomic E-state index is 8.63. The summed E-state index contributed by atoms with van der Waals surface area (Å²) >= 11 is 0. The van der Waals surface area contributed by atoms with Gasteiger partial charge < -0.3 is 15.0 Å². The first-order chi connectivity index (χ1) is 15.1. The molecule has 2 heterocycles. The molecule has 2 N–H and O–H groups in total. The van der Waals surface area contributed by atoms with E-state index in [0.717, 1.165) is 25.2 Å². The van der Waals surface area contributed by atoms with Crippen LogP contribution in [0.3, 0.4) is 0 Å². The van der Waals surface area contributed by atoms with Crippen LogP contribution in [0.15, 0.2) is 98.3 Å². The zero-order valence-corrected chi connectivity index (χ0v) is 18.8. The van der Waals surface area contributed by atoms with Gasteiger partial charge in [-0.1, -0.05) is 61.7 Å². The predicted octanol–water partition coefficient (Wildman–Crippen LogP) is 6.83. The first-order valence-corrected chi connectivity index (χ1v) is 11.0. The van der Waals surface area contributed by atoms with Gasteiger partial charge >= 0.3 is 0 Å². The molecule has 1 aliphatic rings. The number of phenolic OH excluding ortho intramolecular Hbond substituents is 1. The van der Waals surface area contributed by atoms with Crippen LogP contribution in [0.2, 0.25) is 0 Å². The van der Waals surface area contributed by atoms with E-state index in [0.29, 0.717) is 11.7 Å². The van der Waals surface area contributed by atoms with Crippen molar-refractivity contribution < 1.29 is 5.11 Å². The lowest BCUT2D eigenvalue weighted by Gasteiger charge is -2.12. The number of nitrogens with one attached hydrogen (secondary N) is 1. The molecular weight excluding hydrogens is 380 g/mol. The average Bonchev–Trinajstić information content (AvgIpc) is 2.95. The summed E-state index contributed by atoms with van der Waals surface area (Å²) < 4.78 is 2.33. The molecule has 1 aliphatic heterocycles. The van der Waals surface area contributed by atoms with Gasteiger partial charge in [0.2, 0.25) is 0 Å². The third-order valence-corrected chi connectivity index (χ3v) is 5.25. The Morgan fingerprint density at radius 2 is 1.74 bits per heavy atom. The third kappa shape index (κ3) is 7.62. The zero-order chi connectivity index (χ0) is 22.5. The molecule has 3 aromatic rings. The molecule has 31 heavy (non-hydrogen) atoms. The molecular formula is C28H36N2O. The number of phenols is 1. The van der Waals surface area contributed by atoms with Gasteiger partial charge in [-0.25, -0.2) is 0 Å².